The van der Waals surface area contributed by atoms with Crippen molar-refractivity contribution in [3.05, 3.63) is 0 Å². The van der Waals surface area contributed by atoms with Crippen molar-refractivity contribution in [2.24, 2.45) is 0 Å². The van der Waals surface area contributed by atoms with Crippen LogP contribution in [-0.2, 0) is 115 Å². The fourth-order valence-electron chi connectivity index (χ4n) is 0. The summed E-state index contributed by atoms with van der Waals surface area (Å²) in [4.78, 5) is 0. The predicted octanol–water partition coefficient (Wildman–Crippen LogP) is -6.83. The van der Waals surface area contributed by atoms with Crippen LogP contribution < -0.4 is 59.1 Å². The fraction of sp³-hybridized carbons (Fsp3) is 0. The van der Waals surface area contributed by atoms with Crippen LogP contribution in [0.2, 0.25) is 0 Å². The van der Waals surface area contributed by atoms with Crippen molar-refractivity contribution in [3.63, 3.8) is 0 Å². The van der Waals surface area contributed by atoms with Crippen LogP contribution in [0.25, 0.3) is 0 Å². The fourth-order valence-corrected chi connectivity index (χ4v) is 0. The van der Waals surface area contributed by atoms with E-state index >= 15 is 0 Å². The number of hydrogen-bond acceptors (Lipinski definition) is 0. The first-order chi connectivity index (χ1) is 0. The Morgan fingerprint density at radius 1 is 0.308 bits per heavy atom. The molecule has 0 spiro atoms. The van der Waals surface area contributed by atoms with E-state index in [1.165, 1.54) is 0 Å². The molecular formula is Na2Ni2O7Ti2. The van der Waals surface area contributed by atoms with Gasteiger partial charge in [0.05, 0.1) is 0 Å². The van der Waals surface area contributed by atoms with Gasteiger partial charge in [-0.2, -0.15) is 0 Å². The van der Waals surface area contributed by atoms with Crippen LogP contribution in [-0.4, -0.2) is 0 Å². The van der Waals surface area contributed by atoms with Crippen LogP contribution in [0.4, 0.5) is 0 Å². The molecule has 13 heavy (non-hydrogen) atoms. The van der Waals surface area contributed by atoms with Gasteiger partial charge in [-0.05, 0) is 0 Å². The minimum absolute atomic E-state index is 0. The third-order valence-electron chi connectivity index (χ3n) is 0. The van der Waals surface area contributed by atoms with Gasteiger partial charge >= 0.3 is 136 Å². The molecule has 0 heterocycles. The molecule has 0 aromatic carbocycles. The quantitative estimate of drug-likeness (QED) is 0.365. The van der Waals surface area contributed by atoms with E-state index in [2.05, 4.69) is 0 Å². The van der Waals surface area contributed by atoms with Crippen LogP contribution in [0.3, 0.4) is 0 Å². The van der Waals surface area contributed by atoms with Gasteiger partial charge in [-0.15, -0.1) is 0 Å². The maximum Gasteiger partial charge on any atom is 4.00 e. The van der Waals surface area contributed by atoms with E-state index < -0.39 is 0 Å². The molecule has 0 saturated carbocycles. The van der Waals surface area contributed by atoms with Crippen LogP contribution >= 0.6 is 0 Å². The van der Waals surface area contributed by atoms with Crippen LogP contribution in [0.5, 0.6) is 0 Å². The first kappa shape index (κ1) is 261. The molecule has 0 atom stereocenters. The molecular weight excluding hydrogens is 371 g/mol. The van der Waals surface area contributed by atoms with Gasteiger partial charge in [0.25, 0.3) is 0 Å². The summed E-state index contributed by atoms with van der Waals surface area (Å²) in [6, 6.07) is 0. The topological polar surface area (TPSA) is 200 Å². The number of rotatable bonds is 0. The second kappa shape index (κ2) is 216. The van der Waals surface area contributed by atoms with Gasteiger partial charge in [0.1, 0.15) is 0 Å². The van der Waals surface area contributed by atoms with E-state index in [1.54, 1.807) is 0 Å². The Morgan fingerprint density at radius 2 is 0.308 bits per heavy atom. The largest absolute Gasteiger partial charge is 4.00 e. The zero-order valence-corrected chi connectivity index (χ0v) is 15.6. The summed E-state index contributed by atoms with van der Waals surface area (Å²) in [7, 11) is 0. The summed E-state index contributed by atoms with van der Waals surface area (Å²) >= 11 is 0. The van der Waals surface area contributed by atoms with Gasteiger partial charge in [-0.1, -0.05) is 0 Å². The summed E-state index contributed by atoms with van der Waals surface area (Å²) in [6.07, 6.45) is 0. The second-order valence-corrected chi connectivity index (χ2v) is 0. The van der Waals surface area contributed by atoms with Crippen LogP contribution in [0.1, 0.15) is 0 Å². The van der Waals surface area contributed by atoms with E-state index in [1.807, 2.05) is 0 Å². The molecule has 0 N–H and O–H groups in total. The molecule has 0 aliphatic rings. The molecule has 0 fully saturated rings. The Bertz CT molecular complexity index is 22.5. The third-order valence-corrected chi connectivity index (χ3v) is 0. The molecule has 0 unspecified atom stereocenters. The van der Waals surface area contributed by atoms with E-state index in [0.717, 1.165) is 0 Å². The molecule has 0 rings (SSSR count). The van der Waals surface area contributed by atoms with Gasteiger partial charge in [-0.3, -0.25) is 0 Å². The van der Waals surface area contributed by atoms with Crippen molar-refractivity contribution in [1.82, 2.24) is 0 Å². The summed E-state index contributed by atoms with van der Waals surface area (Å²) in [6.45, 7) is 0. The van der Waals surface area contributed by atoms with E-state index in [-0.39, 0.29) is 174 Å². The standard InChI is InChI=1S/2Na.2Ni.7O.2Ti/q2*+1;2*+2;7*-2;2*+4. The summed E-state index contributed by atoms with van der Waals surface area (Å²) in [5, 5.41) is 0. The zero-order valence-electron chi connectivity index (χ0n) is 6.49. The molecule has 0 saturated heterocycles. The Labute approximate surface area is 171 Å². The summed E-state index contributed by atoms with van der Waals surface area (Å²) in [5.74, 6) is 0. The maximum atomic E-state index is 0. The molecule has 7 nitrogen and oxygen atoms in total. The smallest absolute Gasteiger partial charge is 2.00 e. The molecule has 72 valence electrons. The van der Waals surface area contributed by atoms with Crippen molar-refractivity contribution in [2.45, 2.75) is 0 Å². The Balaban J connectivity index is 0. The molecule has 13 heteroatoms. The normalized spacial score (nSPS) is 0. The molecule has 0 amide bonds. The van der Waals surface area contributed by atoms with E-state index in [0.29, 0.717) is 0 Å². The molecule has 0 radical (unpaired) electrons. The van der Waals surface area contributed by atoms with Gasteiger partial charge in [-0.25, -0.2) is 0 Å². The molecule has 0 bridgehead atoms. The second-order valence-electron chi connectivity index (χ2n) is 0. The maximum absolute atomic E-state index is 0. The third kappa shape index (κ3) is 189. The van der Waals surface area contributed by atoms with Crippen LogP contribution in [0, 0.1) is 0 Å². The van der Waals surface area contributed by atoms with Gasteiger partial charge in [0.2, 0.25) is 0 Å². The zero-order chi connectivity index (χ0) is 0. The Hall–Kier alpha value is 4.14. The Kier molecular flexibility index (Phi) is 4340. The van der Waals surface area contributed by atoms with Gasteiger partial charge in [0.15, 0.2) is 0 Å². The molecule has 0 aromatic heterocycles. The van der Waals surface area contributed by atoms with Crippen molar-refractivity contribution >= 4 is 0 Å². The number of hydrogen-bond donors (Lipinski definition) is 0. The molecule has 0 aliphatic carbocycles. The van der Waals surface area contributed by atoms with Crippen molar-refractivity contribution in [3.8, 4) is 0 Å². The molecule has 0 aliphatic heterocycles. The summed E-state index contributed by atoms with van der Waals surface area (Å²) in [5.41, 5.74) is 0. The van der Waals surface area contributed by atoms with Crippen molar-refractivity contribution < 1.29 is 174 Å². The van der Waals surface area contributed by atoms with Crippen molar-refractivity contribution in [2.75, 3.05) is 0 Å². The predicted molar refractivity (Wildman–Crippen MR) is 4.81 cm³/mol. The minimum atomic E-state index is 0. The Morgan fingerprint density at radius 3 is 0.308 bits per heavy atom. The first-order valence-corrected chi connectivity index (χ1v) is 0. The summed E-state index contributed by atoms with van der Waals surface area (Å²) < 4.78 is 0. The first-order valence-electron chi connectivity index (χ1n) is 0. The van der Waals surface area contributed by atoms with E-state index in [9.17, 15) is 0 Å². The van der Waals surface area contributed by atoms with Crippen LogP contribution in [0.15, 0.2) is 0 Å². The van der Waals surface area contributed by atoms with Crippen molar-refractivity contribution in [1.29, 1.82) is 0 Å². The molecule has 0 aromatic rings. The van der Waals surface area contributed by atoms with Gasteiger partial charge < -0.3 is 38.3 Å². The minimum Gasteiger partial charge on any atom is -2.00 e. The average Bonchev–Trinajstić information content (AvgIpc) is 0. The van der Waals surface area contributed by atoms with Gasteiger partial charge in [0, 0.05) is 0 Å². The average molecular weight is 371 g/mol. The SMILES string of the molecule is [Na+].[Na+].[Ni+2].[Ni+2].[O-2].[O-2].[O-2].[O-2].[O-2].[O-2].[O-2].[Ti+4].[Ti+4]. The van der Waals surface area contributed by atoms with E-state index in [4.69, 9.17) is 0 Å². The monoisotopic (exact) mass is 370 g/mol.